The molecule has 0 aliphatic rings. The number of ether oxygens (including phenoxy) is 3. The van der Waals surface area contributed by atoms with Crippen LogP contribution >= 0.6 is 11.8 Å². The van der Waals surface area contributed by atoms with E-state index in [4.69, 9.17) is 18.6 Å². The van der Waals surface area contributed by atoms with Gasteiger partial charge in [-0.3, -0.25) is 4.79 Å². The molecule has 9 heteroatoms. The maximum Gasteiger partial charge on any atom is 0.408 e. The van der Waals surface area contributed by atoms with Crippen LogP contribution in [0.15, 0.2) is 94.3 Å². The zero-order valence-electron chi connectivity index (χ0n) is 20.0. The maximum absolute atomic E-state index is 12.9. The molecule has 0 unspecified atom stereocenters. The summed E-state index contributed by atoms with van der Waals surface area (Å²) in [6, 6.07) is 21.6. The van der Waals surface area contributed by atoms with Crippen LogP contribution in [0, 0.1) is 0 Å². The van der Waals surface area contributed by atoms with Gasteiger partial charge in [-0.1, -0.05) is 48.5 Å². The molecule has 0 aliphatic heterocycles. The average Bonchev–Trinajstić information content (AvgIpc) is 2.92. The quantitative estimate of drug-likeness (QED) is 0.215. The van der Waals surface area contributed by atoms with Gasteiger partial charge in [0.1, 0.15) is 36.0 Å². The number of nitrogens with one attached hydrogen (secondary N) is 1. The first-order valence-electron chi connectivity index (χ1n) is 11.5. The third-order valence-corrected chi connectivity index (χ3v) is 5.95. The Labute approximate surface area is 217 Å². The van der Waals surface area contributed by atoms with E-state index >= 15 is 0 Å². The van der Waals surface area contributed by atoms with Crippen molar-refractivity contribution in [3.63, 3.8) is 0 Å². The highest BCUT2D eigenvalue weighted by Gasteiger charge is 2.24. The van der Waals surface area contributed by atoms with E-state index in [1.54, 1.807) is 24.3 Å². The van der Waals surface area contributed by atoms with Crippen LogP contribution in [-0.4, -0.2) is 30.1 Å². The first kappa shape index (κ1) is 25.8. The van der Waals surface area contributed by atoms with E-state index in [1.165, 1.54) is 36.2 Å². The molecule has 37 heavy (non-hydrogen) atoms. The number of carbonyl (C=O) groups excluding carboxylic acids is 2. The molecule has 1 atom stereocenters. The summed E-state index contributed by atoms with van der Waals surface area (Å²) in [5.74, 6) is 0.683. The van der Waals surface area contributed by atoms with Gasteiger partial charge in [0.05, 0.1) is 5.39 Å². The van der Waals surface area contributed by atoms with Crippen LogP contribution < -0.4 is 20.2 Å². The fourth-order valence-corrected chi connectivity index (χ4v) is 3.89. The van der Waals surface area contributed by atoms with Gasteiger partial charge in [0.25, 0.3) is 0 Å². The van der Waals surface area contributed by atoms with E-state index in [0.29, 0.717) is 17.9 Å². The minimum atomic E-state index is -0.917. The number of esters is 1. The molecule has 0 fully saturated rings. The second-order valence-electron chi connectivity index (χ2n) is 7.96. The van der Waals surface area contributed by atoms with E-state index in [-0.39, 0.29) is 34.5 Å². The van der Waals surface area contributed by atoms with Crippen LogP contribution in [-0.2, 0) is 16.1 Å². The van der Waals surface area contributed by atoms with Crippen molar-refractivity contribution in [2.45, 2.75) is 19.1 Å². The van der Waals surface area contributed by atoms with Gasteiger partial charge in [-0.05, 0) is 48.3 Å². The summed E-state index contributed by atoms with van der Waals surface area (Å²) in [4.78, 5) is 38.0. The predicted molar refractivity (Wildman–Crippen MR) is 141 cm³/mol. The van der Waals surface area contributed by atoms with Gasteiger partial charge in [-0.15, -0.1) is 0 Å². The molecular weight excluding hydrogens is 494 g/mol. The molecule has 1 N–H and O–H groups in total. The summed E-state index contributed by atoms with van der Waals surface area (Å²) >= 11 is 1.53. The second kappa shape index (κ2) is 12.6. The largest absolute Gasteiger partial charge is 0.460 e. The SMILES string of the molecule is CSCC[C@H](NC(=O)OCc1ccccc1)C(=O)Oc1ccc2c(=O)c(Oc3ccccc3)coc2c1. The average molecular weight is 520 g/mol. The highest BCUT2D eigenvalue weighted by atomic mass is 32.2. The molecule has 0 aliphatic carbocycles. The van der Waals surface area contributed by atoms with Crippen LogP contribution in [0.5, 0.6) is 17.2 Å². The summed E-state index contributed by atoms with van der Waals surface area (Å²) in [6.07, 6.45) is 2.75. The van der Waals surface area contributed by atoms with Crippen molar-refractivity contribution in [3.8, 4) is 17.2 Å². The van der Waals surface area contributed by atoms with Crippen LogP contribution in [0.1, 0.15) is 12.0 Å². The first-order valence-corrected chi connectivity index (χ1v) is 12.9. The number of amides is 1. The number of hydrogen-bond acceptors (Lipinski definition) is 8. The number of para-hydroxylation sites is 1. The molecule has 0 saturated carbocycles. The first-order chi connectivity index (χ1) is 18.0. The number of alkyl carbamates (subject to hydrolysis) is 1. The Balaban J connectivity index is 1.43. The van der Waals surface area contributed by atoms with Gasteiger partial charge in [-0.2, -0.15) is 11.8 Å². The van der Waals surface area contributed by atoms with Crippen molar-refractivity contribution in [3.05, 3.63) is 101 Å². The molecule has 1 aromatic heterocycles. The van der Waals surface area contributed by atoms with Crippen molar-refractivity contribution in [2.24, 2.45) is 0 Å². The van der Waals surface area contributed by atoms with Crippen molar-refractivity contribution < 1.29 is 28.2 Å². The Morgan fingerprint density at radius 2 is 1.70 bits per heavy atom. The Morgan fingerprint density at radius 3 is 2.43 bits per heavy atom. The molecule has 0 saturated heterocycles. The molecule has 0 spiro atoms. The summed E-state index contributed by atoms with van der Waals surface area (Å²) in [6.45, 7) is 0.0800. The van der Waals surface area contributed by atoms with Crippen LogP contribution in [0.2, 0.25) is 0 Å². The third-order valence-electron chi connectivity index (χ3n) is 5.30. The minimum Gasteiger partial charge on any atom is -0.460 e. The van der Waals surface area contributed by atoms with Crippen molar-refractivity contribution in [2.75, 3.05) is 12.0 Å². The van der Waals surface area contributed by atoms with Gasteiger partial charge < -0.3 is 23.9 Å². The van der Waals surface area contributed by atoms with Crippen molar-refractivity contribution in [1.82, 2.24) is 5.32 Å². The van der Waals surface area contributed by atoms with Gasteiger partial charge in [0.2, 0.25) is 11.2 Å². The summed E-state index contributed by atoms with van der Waals surface area (Å²) in [5.41, 5.74) is 0.700. The molecule has 8 nitrogen and oxygen atoms in total. The molecule has 0 radical (unpaired) electrons. The van der Waals surface area contributed by atoms with Crippen LogP contribution in [0.4, 0.5) is 4.79 Å². The lowest BCUT2D eigenvalue weighted by Crippen LogP contribution is -2.43. The predicted octanol–water partition coefficient (Wildman–Crippen LogP) is 5.54. The van der Waals surface area contributed by atoms with E-state index in [2.05, 4.69) is 5.32 Å². The zero-order chi connectivity index (χ0) is 26.0. The van der Waals surface area contributed by atoms with Crippen molar-refractivity contribution >= 4 is 34.8 Å². The lowest BCUT2D eigenvalue weighted by atomic mass is 10.2. The molecule has 1 amide bonds. The summed E-state index contributed by atoms with van der Waals surface area (Å²) in [7, 11) is 0. The number of rotatable bonds is 10. The number of thioether (sulfide) groups is 1. The monoisotopic (exact) mass is 519 g/mol. The van der Waals surface area contributed by atoms with Crippen LogP contribution in [0.25, 0.3) is 11.0 Å². The number of benzene rings is 3. The fraction of sp³-hybridized carbons (Fsp3) is 0.179. The van der Waals surface area contributed by atoms with Crippen molar-refractivity contribution in [1.29, 1.82) is 0 Å². The normalized spacial score (nSPS) is 11.5. The standard InChI is InChI=1S/C28H25NO7S/c1-37-15-14-23(29-28(32)34-17-19-8-4-2-5-9-19)27(31)36-21-12-13-22-24(16-21)33-18-25(26(22)30)35-20-10-6-3-7-11-20/h2-13,16,18,23H,14-15,17H2,1H3,(H,29,32)/t23-/m0/s1. The smallest absolute Gasteiger partial charge is 0.408 e. The van der Waals surface area contributed by atoms with Gasteiger partial charge >= 0.3 is 12.1 Å². The van der Waals surface area contributed by atoms with E-state index in [0.717, 1.165) is 5.56 Å². The molecule has 1 heterocycles. The number of hydrogen-bond donors (Lipinski definition) is 1. The topological polar surface area (TPSA) is 104 Å². The van der Waals surface area contributed by atoms with Crippen LogP contribution in [0.3, 0.4) is 0 Å². The second-order valence-corrected chi connectivity index (χ2v) is 8.95. The summed E-state index contributed by atoms with van der Waals surface area (Å²) in [5, 5.41) is 2.85. The Bertz CT molecular complexity index is 1410. The van der Waals surface area contributed by atoms with Gasteiger partial charge in [0.15, 0.2) is 0 Å². The van der Waals surface area contributed by atoms with Gasteiger partial charge in [0, 0.05) is 6.07 Å². The van der Waals surface area contributed by atoms with E-state index in [1.807, 2.05) is 42.7 Å². The zero-order valence-corrected chi connectivity index (χ0v) is 20.9. The number of carbonyl (C=O) groups is 2. The lowest BCUT2D eigenvalue weighted by Gasteiger charge is -2.17. The lowest BCUT2D eigenvalue weighted by molar-refractivity contribution is -0.136. The minimum absolute atomic E-state index is 0.0405. The highest BCUT2D eigenvalue weighted by Crippen LogP contribution is 2.24. The Morgan fingerprint density at radius 1 is 0.973 bits per heavy atom. The highest BCUT2D eigenvalue weighted by molar-refractivity contribution is 7.98. The molecule has 0 bridgehead atoms. The Kier molecular flexibility index (Phi) is 8.83. The maximum atomic E-state index is 12.9. The van der Waals surface area contributed by atoms with E-state index in [9.17, 15) is 14.4 Å². The molecule has 190 valence electrons. The molecule has 4 aromatic rings. The summed E-state index contributed by atoms with van der Waals surface area (Å²) < 4.78 is 21.9. The Hall–Kier alpha value is -4.24. The molecular formula is C28H25NO7S. The molecule has 3 aromatic carbocycles. The number of fused-ring (bicyclic) bond motifs is 1. The fourth-order valence-electron chi connectivity index (χ4n) is 3.42. The molecule has 4 rings (SSSR count). The van der Waals surface area contributed by atoms with Gasteiger partial charge in [-0.25, -0.2) is 9.59 Å². The van der Waals surface area contributed by atoms with E-state index < -0.39 is 18.1 Å². The third kappa shape index (κ3) is 7.14.